The molecule has 3 nitrogen and oxygen atoms in total. The van der Waals surface area contributed by atoms with Crippen molar-refractivity contribution in [2.45, 2.75) is 18.2 Å². The summed E-state index contributed by atoms with van der Waals surface area (Å²) < 4.78 is 0. The number of aryl methyl sites for hydroxylation is 1. The monoisotopic (exact) mass is 314 g/mol. The molecule has 2 aromatic carbocycles. The van der Waals surface area contributed by atoms with Crippen molar-refractivity contribution in [1.82, 2.24) is 10.6 Å². The van der Waals surface area contributed by atoms with Crippen LogP contribution < -0.4 is 10.6 Å². The number of carbonyl (C=O) groups is 1. The second-order valence-corrected chi connectivity index (χ2v) is 6.25. The van der Waals surface area contributed by atoms with Crippen LogP contribution in [0.5, 0.6) is 0 Å². The summed E-state index contributed by atoms with van der Waals surface area (Å²) in [6, 6.07) is 18.5. The van der Waals surface area contributed by atoms with Gasteiger partial charge in [-0.1, -0.05) is 48.0 Å². The summed E-state index contributed by atoms with van der Waals surface area (Å²) in [5, 5.41) is 5.77. The van der Waals surface area contributed by atoms with E-state index in [0.29, 0.717) is 13.1 Å². The van der Waals surface area contributed by atoms with E-state index in [4.69, 9.17) is 0 Å². The normalized spacial score (nSPS) is 10.2. The number of benzene rings is 2. The lowest BCUT2D eigenvalue weighted by atomic mass is 10.1. The Labute approximate surface area is 136 Å². The summed E-state index contributed by atoms with van der Waals surface area (Å²) in [6.07, 6.45) is 0.855. The second kappa shape index (κ2) is 9.15. The standard InChI is InChI=1S/C18H22N2OS/c1-15-6-5-7-16(14-15)10-11-19-18(21)20-12-13-22-17-8-3-2-4-9-17/h2-9,14H,10-13H2,1H3,(H2,19,20,21). The van der Waals surface area contributed by atoms with Gasteiger partial charge in [-0.2, -0.15) is 0 Å². The molecule has 0 radical (unpaired) electrons. The van der Waals surface area contributed by atoms with Gasteiger partial charge >= 0.3 is 6.03 Å². The lowest BCUT2D eigenvalue weighted by Gasteiger charge is -2.08. The largest absolute Gasteiger partial charge is 0.338 e. The molecule has 2 amide bonds. The fourth-order valence-electron chi connectivity index (χ4n) is 2.10. The molecule has 0 saturated carbocycles. The molecular weight excluding hydrogens is 292 g/mol. The third-order valence-electron chi connectivity index (χ3n) is 3.18. The Bertz CT molecular complexity index is 587. The molecule has 2 N–H and O–H groups in total. The summed E-state index contributed by atoms with van der Waals surface area (Å²) in [7, 11) is 0. The average molecular weight is 314 g/mol. The Balaban J connectivity index is 1.56. The minimum Gasteiger partial charge on any atom is -0.338 e. The Morgan fingerprint density at radius 2 is 1.77 bits per heavy atom. The van der Waals surface area contributed by atoms with E-state index in [9.17, 15) is 4.79 Å². The molecule has 2 aromatic rings. The second-order valence-electron chi connectivity index (χ2n) is 5.08. The summed E-state index contributed by atoms with van der Waals surface area (Å²) >= 11 is 1.74. The molecule has 0 aliphatic carbocycles. The van der Waals surface area contributed by atoms with Crippen LogP contribution in [0, 0.1) is 6.92 Å². The average Bonchev–Trinajstić information content (AvgIpc) is 2.53. The van der Waals surface area contributed by atoms with Gasteiger partial charge in [0, 0.05) is 23.7 Å². The van der Waals surface area contributed by atoms with Gasteiger partial charge in [-0.3, -0.25) is 0 Å². The number of carbonyl (C=O) groups excluding carboxylic acids is 1. The van der Waals surface area contributed by atoms with Crippen LogP contribution in [-0.2, 0) is 6.42 Å². The molecule has 0 bridgehead atoms. The zero-order valence-corrected chi connectivity index (χ0v) is 13.7. The molecule has 116 valence electrons. The SMILES string of the molecule is Cc1cccc(CCNC(=O)NCCSc2ccccc2)c1. The zero-order valence-electron chi connectivity index (χ0n) is 12.8. The van der Waals surface area contributed by atoms with Crippen molar-refractivity contribution < 1.29 is 4.79 Å². The number of amides is 2. The van der Waals surface area contributed by atoms with Crippen LogP contribution in [0.3, 0.4) is 0 Å². The van der Waals surface area contributed by atoms with Gasteiger partial charge in [0.15, 0.2) is 0 Å². The molecular formula is C18H22N2OS. The van der Waals surface area contributed by atoms with E-state index < -0.39 is 0 Å². The van der Waals surface area contributed by atoms with E-state index in [-0.39, 0.29) is 6.03 Å². The topological polar surface area (TPSA) is 41.1 Å². The first-order valence-corrected chi connectivity index (χ1v) is 8.48. The molecule has 0 unspecified atom stereocenters. The highest BCUT2D eigenvalue weighted by molar-refractivity contribution is 7.99. The lowest BCUT2D eigenvalue weighted by Crippen LogP contribution is -2.37. The summed E-state index contributed by atoms with van der Waals surface area (Å²) in [5.74, 6) is 0.870. The highest BCUT2D eigenvalue weighted by Gasteiger charge is 2.00. The van der Waals surface area contributed by atoms with E-state index >= 15 is 0 Å². The molecule has 0 fully saturated rings. The van der Waals surface area contributed by atoms with Crippen molar-refractivity contribution in [3.8, 4) is 0 Å². The highest BCUT2D eigenvalue weighted by atomic mass is 32.2. The van der Waals surface area contributed by atoms with Gasteiger partial charge in [0.2, 0.25) is 0 Å². The summed E-state index contributed by atoms with van der Waals surface area (Å²) in [5.41, 5.74) is 2.50. The van der Waals surface area contributed by atoms with Gasteiger partial charge in [-0.05, 0) is 31.0 Å². The molecule has 0 atom stereocenters. The lowest BCUT2D eigenvalue weighted by molar-refractivity contribution is 0.241. The third-order valence-corrected chi connectivity index (χ3v) is 4.20. The number of hydrogen-bond donors (Lipinski definition) is 2. The molecule has 0 spiro atoms. The van der Waals surface area contributed by atoms with Crippen LogP contribution >= 0.6 is 11.8 Å². The molecule has 4 heteroatoms. The molecule has 0 saturated heterocycles. The minimum atomic E-state index is -0.0960. The van der Waals surface area contributed by atoms with E-state index in [1.54, 1.807) is 11.8 Å². The van der Waals surface area contributed by atoms with Crippen LogP contribution in [-0.4, -0.2) is 24.9 Å². The third kappa shape index (κ3) is 6.22. The molecule has 0 aliphatic heterocycles. The van der Waals surface area contributed by atoms with Crippen LogP contribution in [0.15, 0.2) is 59.5 Å². The van der Waals surface area contributed by atoms with Gasteiger partial charge in [0.05, 0.1) is 0 Å². The van der Waals surface area contributed by atoms with Gasteiger partial charge in [-0.25, -0.2) is 4.79 Å². The molecule has 0 aliphatic rings. The van der Waals surface area contributed by atoms with Crippen molar-refractivity contribution in [1.29, 1.82) is 0 Å². The van der Waals surface area contributed by atoms with Gasteiger partial charge in [-0.15, -0.1) is 11.8 Å². The number of urea groups is 1. The first-order chi connectivity index (χ1) is 10.7. The van der Waals surface area contributed by atoms with Crippen LogP contribution in [0.4, 0.5) is 4.79 Å². The fraction of sp³-hybridized carbons (Fsp3) is 0.278. The Morgan fingerprint density at radius 1 is 1.00 bits per heavy atom. The van der Waals surface area contributed by atoms with Crippen molar-refractivity contribution in [2.24, 2.45) is 0 Å². The Kier molecular flexibility index (Phi) is 6.84. The predicted molar refractivity (Wildman–Crippen MR) is 93.5 cm³/mol. The Morgan fingerprint density at radius 3 is 2.55 bits per heavy atom. The van der Waals surface area contributed by atoms with Crippen molar-refractivity contribution >= 4 is 17.8 Å². The molecule has 22 heavy (non-hydrogen) atoms. The zero-order chi connectivity index (χ0) is 15.6. The number of rotatable bonds is 7. The maximum absolute atomic E-state index is 11.7. The number of thioether (sulfide) groups is 1. The van der Waals surface area contributed by atoms with Crippen molar-refractivity contribution in [2.75, 3.05) is 18.8 Å². The van der Waals surface area contributed by atoms with Gasteiger partial charge in [0.1, 0.15) is 0 Å². The minimum absolute atomic E-state index is 0.0960. The summed E-state index contributed by atoms with van der Waals surface area (Å²) in [4.78, 5) is 12.9. The van der Waals surface area contributed by atoms with Crippen molar-refractivity contribution in [3.05, 3.63) is 65.7 Å². The smallest absolute Gasteiger partial charge is 0.314 e. The predicted octanol–water partition coefficient (Wildman–Crippen LogP) is 3.63. The molecule has 0 heterocycles. The van der Waals surface area contributed by atoms with Crippen LogP contribution in [0.2, 0.25) is 0 Å². The maximum atomic E-state index is 11.7. The Hall–Kier alpha value is -1.94. The van der Waals surface area contributed by atoms with Gasteiger partial charge in [0.25, 0.3) is 0 Å². The van der Waals surface area contributed by atoms with Crippen molar-refractivity contribution in [3.63, 3.8) is 0 Å². The number of nitrogens with one attached hydrogen (secondary N) is 2. The first kappa shape index (κ1) is 16.4. The van der Waals surface area contributed by atoms with Gasteiger partial charge < -0.3 is 10.6 Å². The van der Waals surface area contributed by atoms with Crippen LogP contribution in [0.25, 0.3) is 0 Å². The fourth-order valence-corrected chi connectivity index (χ4v) is 2.89. The van der Waals surface area contributed by atoms with E-state index in [1.165, 1.54) is 16.0 Å². The van der Waals surface area contributed by atoms with E-state index in [0.717, 1.165) is 12.2 Å². The molecule has 2 rings (SSSR count). The van der Waals surface area contributed by atoms with E-state index in [1.807, 2.05) is 24.3 Å². The summed E-state index contributed by atoms with van der Waals surface area (Å²) in [6.45, 7) is 3.39. The van der Waals surface area contributed by atoms with Crippen LogP contribution in [0.1, 0.15) is 11.1 Å². The maximum Gasteiger partial charge on any atom is 0.314 e. The highest BCUT2D eigenvalue weighted by Crippen LogP contribution is 2.15. The first-order valence-electron chi connectivity index (χ1n) is 7.49. The van der Waals surface area contributed by atoms with E-state index in [2.05, 4.69) is 47.9 Å². The number of hydrogen-bond acceptors (Lipinski definition) is 2. The molecule has 0 aromatic heterocycles. The quantitative estimate of drug-likeness (QED) is 0.605.